The summed E-state index contributed by atoms with van der Waals surface area (Å²) in [5, 5.41) is 3.18. The lowest BCUT2D eigenvalue weighted by atomic mass is 10.2. The number of aryl methyl sites for hydroxylation is 1. The molecule has 0 amide bonds. The van der Waals surface area contributed by atoms with Crippen molar-refractivity contribution in [1.29, 1.82) is 0 Å². The van der Waals surface area contributed by atoms with E-state index in [-0.39, 0.29) is 17.0 Å². The number of halogens is 2. The molecule has 0 aliphatic carbocycles. The van der Waals surface area contributed by atoms with Crippen molar-refractivity contribution < 1.29 is 17.2 Å². The maximum atomic E-state index is 13.6. The van der Waals surface area contributed by atoms with Gasteiger partial charge in [-0.1, -0.05) is 13.8 Å². The summed E-state index contributed by atoms with van der Waals surface area (Å²) < 4.78 is 52.7. The fourth-order valence-electron chi connectivity index (χ4n) is 1.75. The van der Waals surface area contributed by atoms with Gasteiger partial charge >= 0.3 is 0 Å². The van der Waals surface area contributed by atoms with E-state index in [1.165, 1.54) is 6.92 Å². The number of hydrogen-bond acceptors (Lipinski definition) is 3. The Morgan fingerprint density at radius 3 is 2.43 bits per heavy atom. The first-order valence-corrected chi connectivity index (χ1v) is 8.56. The summed E-state index contributed by atoms with van der Waals surface area (Å²) in [5.74, 6) is -1.55. The molecule has 0 saturated carbocycles. The predicted molar refractivity (Wildman–Crippen MR) is 80.9 cm³/mol. The molecule has 1 rings (SSSR count). The molecule has 4 nitrogen and oxygen atoms in total. The van der Waals surface area contributed by atoms with Gasteiger partial charge in [0.15, 0.2) is 0 Å². The third-order valence-electron chi connectivity index (χ3n) is 2.91. The van der Waals surface area contributed by atoms with Crippen LogP contribution >= 0.6 is 0 Å². The molecule has 2 N–H and O–H groups in total. The van der Waals surface area contributed by atoms with Gasteiger partial charge in [0.2, 0.25) is 10.0 Å². The summed E-state index contributed by atoms with van der Waals surface area (Å²) in [6, 6.07) is 2.19. The molecular weight excluding hydrogens is 298 g/mol. The molecule has 0 aliphatic rings. The van der Waals surface area contributed by atoms with Crippen LogP contribution in [0.4, 0.5) is 14.5 Å². The molecule has 0 aromatic heterocycles. The first kappa shape index (κ1) is 17.8. The fourth-order valence-corrected chi connectivity index (χ4v) is 2.93. The van der Waals surface area contributed by atoms with Crippen molar-refractivity contribution in [3.63, 3.8) is 0 Å². The van der Waals surface area contributed by atoms with Crippen LogP contribution in [0.15, 0.2) is 12.1 Å². The predicted octanol–water partition coefficient (Wildman–Crippen LogP) is 2.79. The Morgan fingerprint density at radius 1 is 1.14 bits per heavy atom. The van der Waals surface area contributed by atoms with E-state index in [4.69, 9.17) is 0 Å². The van der Waals surface area contributed by atoms with Crippen LogP contribution in [-0.4, -0.2) is 26.8 Å². The lowest BCUT2D eigenvalue weighted by Gasteiger charge is -2.11. The van der Waals surface area contributed by atoms with E-state index in [2.05, 4.69) is 10.0 Å². The van der Waals surface area contributed by atoms with Gasteiger partial charge in [-0.25, -0.2) is 17.2 Å². The second-order valence-electron chi connectivity index (χ2n) is 5.32. The Kier molecular flexibility index (Phi) is 6.54. The summed E-state index contributed by atoms with van der Waals surface area (Å²) >= 11 is 0. The Hall–Kier alpha value is -1.21. The zero-order valence-corrected chi connectivity index (χ0v) is 13.4. The summed E-state index contributed by atoms with van der Waals surface area (Å²) in [6.07, 6.45) is 1.15. The van der Waals surface area contributed by atoms with E-state index in [1.807, 2.05) is 13.8 Å². The second-order valence-corrected chi connectivity index (χ2v) is 7.16. The molecule has 21 heavy (non-hydrogen) atoms. The van der Waals surface area contributed by atoms with E-state index in [0.29, 0.717) is 18.9 Å². The van der Waals surface area contributed by atoms with E-state index >= 15 is 0 Å². The summed E-state index contributed by atoms with van der Waals surface area (Å²) in [4.78, 5) is 0. The van der Waals surface area contributed by atoms with E-state index in [9.17, 15) is 17.2 Å². The van der Waals surface area contributed by atoms with Crippen molar-refractivity contribution in [2.45, 2.75) is 39.7 Å². The van der Waals surface area contributed by atoms with Crippen LogP contribution < -0.4 is 10.0 Å². The van der Waals surface area contributed by atoms with Gasteiger partial charge in [0.1, 0.15) is 11.6 Å². The molecule has 0 atom stereocenters. The molecule has 120 valence electrons. The average molecular weight is 320 g/mol. The van der Waals surface area contributed by atoms with Gasteiger partial charge in [-0.3, -0.25) is 4.72 Å². The summed E-state index contributed by atoms with van der Waals surface area (Å²) in [6.45, 7) is 6.15. The number of sulfonamides is 1. The molecule has 1 aromatic rings. The van der Waals surface area contributed by atoms with Gasteiger partial charge in [-0.2, -0.15) is 0 Å². The molecule has 0 bridgehead atoms. The average Bonchev–Trinajstić information content (AvgIpc) is 2.34. The highest BCUT2D eigenvalue weighted by atomic mass is 32.2. The first-order valence-electron chi connectivity index (χ1n) is 6.91. The van der Waals surface area contributed by atoms with Crippen molar-refractivity contribution in [2.75, 3.05) is 17.0 Å². The Balaban J connectivity index is 2.55. The lowest BCUT2D eigenvalue weighted by Crippen LogP contribution is -2.24. The summed E-state index contributed by atoms with van der Waals surface area (Å²) in [5.41, 5.74) is -0.214. The molecule has 0 spiro atoms. The van der Waals surface area contributed by atoms with Crippen molar-refractivity contribution in [2.24, 2.45) is 0 Å². The molecule has 0 saturated heterocycles. The smallest absolute Gasteiger partial charge is 0.232 e. The van der Waals surface area contributed by atoms with Gasteiger partial charge in [-0.05, 0) is 37.9 Å². The second kappa shape index (κ2) is 7.70. The van der Waals surface area contributed by atoms with Crippen LogP contribution in [0.25, 0.3) is 0 Å². The third-order valence-corrected chi connectivity index (χ3v) is 4.26. The minimum absolute atomic E-state index is 0.123. The van der Waals surface area contributed by atoms with Crippen molar-refractivity contribution in [3.05, 3.63) is 29.3 Å². The molecule has 0 radical (unpaired) electrons. The molecular formula is C14H22F2N2O2S. The number of nitrogens with one attached hydrogen (secondary N) is 2. The molecule has 0 aliphatic heterocycles. The lowest BCUT2D eigenvalue weighted by molar-refractivity contribution is 0.560. The zero-order chi connectivity index (χ0) is 16.0. The van der Waals surface area contributed by atoms with Gasteiger partial charge in [-0.15, -0.1) is 0 Å². The van der Waals surface area contributed by atoms with Gasteiger partial charge in [0.05, 0.1) is 11.4 Å². The minimum Gasteiger partial charge on any atom is -0.315 e. The molecule has 0 unspecified atom stereocenters. The molecule has 0 heterocycles. The highest BCUT2D eigenvalue weighted by molar-refractivity contribution is 7.92. The maximum absolute atomic E-state index is 13.6. The van der Waals surface area contributed by atoms with Crippen molar-refractivity contribution in [1.82, 2.24) is 5.32 Å². The number of benzene rings is 1. The molecule has 7 heteroatoms. The Bertz CT molecular complexity index is 575. The van der Waals surface area contributed by atoms with E-state index in [0.717, 1.165) is 18.7 Å². The van der Waals surface area contributed by atoms with Crippen LogP contribution in [0.1, 0.15) is 32.3 Å². The number of unbranched alkanes of at least 4 members (excludes halogenated alkanes) is 1. The first-order chi connectivity index (χ1) is 9.71. The largest absolute Gasteiger partial charge is 0.315 e. The zero-order valence-electron chi connectivity index (χ0n) is 12.5. The van der Waals surface area contributed by atoms with Crippen LogP contribution in [0.3, 0.4) is 0 Å². The summed E-state index contributed by atoms with van der Waals surface area (Å²) in [7, 11) is -3.67. The van der Waals surface area contributed by atoms with Gasteiger partial charge < -0.3 is 5.32 Å². The van der Waals surface area contributed by atoms with E-state index < -0.39 is 21.7 Å². The number of anilines is 1. The minimum atomic E-state index is -3.67. The normalized spacial score (nSPS) is 11.9. The maximum Gasteiger partial charge on any atom is 0.232 e. The highest BCUT2D eigenvalue weighted by Crippen LogP contribution is 2.20. The fraction of sp³-hybridized carbons (Fsp3) is 0.571. The van der Waals surface area contributed by atoms with E-state index in [1.54, 1.807) is 0 Å². The Morgan fingerprint density at radius 2 is 1.81 bits per heavy atom. The monoisotopic (exact) mass is 320 g/mol. The number of rotatable bonds is 8. The highest BCUT2D eigenvalue weighted by Gasteiger charge is 2.14. The number of hydrogen-bond donors (Lipinski definition) is 2. The molecule has 0 fully saturated rings. The topological polar surface area (TPSA) is 58.2 Å². The van der Waals surface area contributed by atoms with Crippen molar-refractivity contribution >= 4 is 15.7 Å². The van der Waals surface area contributed by atoms with Crippen LogP contribution in [0, 0.1) is 18.6 Å². The Labute approximate surface area is 125 Å². The third kappa shape index (κ3) is 6.39. The van der Waals surface area contributed by atoms with Gasteiger partial charge in [0, 0.05) is 12.1 Å². The standard InChI is InChI=1S/C14H22F2N2O2S/c1-10(2)17-6-4-5-7-21(19,20)18-14-9-12(15)11(3)8-13(14)16/h8-10,17-18H,4-7H2,1-3H3. The van der Waals surface area contributed by atoms with Gasteiger partial charge in [0.25, 0.3) is 0 Å². The molecule has 1 aromatic carbocycles. The van der Waals surface area contributed by atoms with Crippen molar-refractivity contribution in [3.8, 4) is 0 Å². The SMILES string of the molecule is Cc1cc(F)c(NS(=O)(=O)CCCCNC(C)C)cc1F. The van der Waals surface area contributed by atoms with Crippen LogP contribution in [-0.2, 0) is 10.0 Å². The van der Waals surface area contributed by atoms with Crippen LogP contribution in [0.5, 0.6) is 0 Å². The van der Waals surface area contributed by atoms with Crippen LogP contribution in [0.2, 0.25) is 0 Å². The quantitative estimate of drug-likeness (QED) is 0.724.